The van der Waals surface area contributed by atoms with Crippen LogP contribution in [0.2, 0.25) is 0 Å². The Hall–Kier alpha value is -0.230. The van der Waals surface area contributed by atoms with Crippen molar-refractivity contribution in [1.82, 2.24) is 0 Å². The van der Waals surface area contributed by atoms with Crippen LogP contribution in [0, 0.1) is 0 Å². The molecule has 0 fully saturated rings. The lowest BCUT2D eigenvalue weighted by atomic mass is 10.0. The van der Waals surface area contributed by atoms with Crippen molar-refractivity contribution < 1.29 is 38.6 Å². The van der Waals surface area contributed by atoms with E-state index in [9.17, 15) is 33.5 Å². The van der Waals surface area contributed by atoms with Crippen LogP contribution in [0.4, 0.5) is 0 Å². The number of aliphatic carboxylic acids is 1. The fourth-order valence-electron chi connectivity index (χ4n) is 3.38. The molecule has 0 bridgehead atoms. The van der Waals surface area contributed by atoms with Gasteiger partial charge in [0.05, 0.1) is 0 Å². The van der Waals surface area contributed by atoms with Crippen LogP contribution in [0.15, 0.2) is 0 Å². The predicted octanol–water partition coefficient (Wildman–Crippen LogP) is 4.99. The molecule has 0 aliphatic carbocycles. The van der Waals surface area contributed by atoms with Crippen LogP contribution < -0.4 is 0 Å². The van der Waals surface area contributed by atoms with Gasteiger partial charge in [0.2, 0.25) is 0 Å². The number of unbranched alkanes of at least 4 members (excludes halogenated alkanes) is 13. The van der Waals surface area contributed by atoms with Crippen molar-refractivity contribution in [2.24, 2.45) is 0 Å². The van der Waals surface area contributed by atoms with E-state index in [1.54, 1.807) is 0 Å². The number of carboxylic acids is 1. The highest BCUT2D eigenvalue weighted by atomic mass is 31.2. The summed E-state index contributed by atoms with van der Waals surface area (Å²) in [6.45, 7) is 2.21. The second-order valence-corrected chi connectivity index (χ2v) is 11.6. The van der Waals surface area contributed by atoms with E-state index in [1.165, 1.54) is 51.4 Å². The summed E-state index contributed by atoms with van der Waals surface area (Å²) in [6, 6.07) is 0. The summed E-state index contributed by atoms with van der Waals surface area (Å²) in [5.41, 5.74) is 0. The highest BCUT2D eigenvalue weighted by Gasteiger charge is 2.65. The van der Waals surface area contributed by atoms with Gasteiger partial charge in [0.25, 0.3) is 4.90 Å². The van der Waals surface area contributed by atoms with Crippen molar-refractivity contribution in [2.75, 3.05) is 0 Å². The molecule has 0 aromatic carbocycles. The number of carboxylic acid groups (broad SMARTS) is 1. The first kappa shape index (κ1) is 27.8. The Morgan fingerprint density at radius 3 is 1.18 bits per heavy atom. The number of hydrogen-bond donors (Lipinski definition) is 5. The van der Waals surface area contributed by atoms with Gasteiger partial charge in [-0.3, -0.25) is 13.9 Å². The van der Waals surface area contributed by atoms with Gasteiger partial charge in [0.1, 0.15) is 0 Å². The van der Waals surface area contributed by atoms with Crippen molar-refractivity contribution in [2.45, 2.75) is 108 Å². The van der Waals surface area contributed by atoms with Crippen LogP contribution in [0.1, 0.15) is 103 Å². The Labute approximate surface area is 168 Å². The summed E-state index contributed by atoms with van der Waals surface area (Å²) in [5, 5.41) is 9.11. The van der Waals surface area contributed by atoms with Crippen molar-refractivity contribution >= 4 is 21.2 Å². The fraction of sp³-hybridized carbons (Fsp3) is 0.944. The number of rotatable bonds is 18. The van der Waals surface area contributed by atoms with E-state index < -0.39 is 32.5 Å². The van der Waals surface area contributed by atoms with Crippen molar-refractivity contribution in [3.8, 4) is 0 Å². The van der Waals surface area contributed by atoms with Gasteiger partial charge in [-0.05, 0) is 6.42 Å². The minimum absolute atomic E-state index is 0.0419. The van der Waals surface area contributed by atoms with Gasteiger partial charge >= 0.3 is 21.2 Å². The molecule has 0 spiro atoms. The van der Waals surface area contributed by atoms with E-state index in [4.69, 9.17) is 5.11 Å². The molecule has 0 saturated carbocycles. The fourth-order valence-corrected chi connectivity index (χ4v) is 6.14. The average molecular weight is 444 g/mol. The van der Waals surface area contributed by atoms with E-state index in [-0.39, 0.29) is 6.42 Å². The Balaban J connectivity index is 3.98. The predicted molar refractivity (Wildman–Crippen MR) is 109 cm³/mol. The molecule has 10 heteroatoms. The van der Waals surface area contributed by atoms with Crippen LogP contribution in [-0.4, -0.2) is 35.5 Å². The second-order valence-electron chi connectivity index (χ2n) is 7.56. The molecule has 0 rings (SSSR count). The van der Waals surface area contributed by atoms with Crippen LogP contribution in [0.3, 0.4) is 0 Å². The lowest BCUT2D eigenvalue weighted by Crippen LogP contribution is -2.38. The summed E-state index contributed by atoms with van der Waals surface area (Å²) >= 11 is 0. The van der Waals surface area contributed by atoms with Gasteiger partial charge in [-0.1, -0.05) is 96.8 Å². The standard InChI is InChI=1S/C18H38O8P2/c1-2-3-4-5-6-7-8-9-10-11-12-13-14-15-16-18(17(19)20,27(21,22)23)28(24,25)26/h2-16H2,1H3,(H,19,20)(H2,21,22,23)(H2,24,25,26). The Morgan fingerprint density at radius 2 is 0.929 bits per heavy atom. The molecular weight excluding hydrogens is 406 g/mol. The van der Waals surface area contributed by atoms with E-state index in [0.29, 0.717) is 6.42 Å². The maximum absolute atomic E-state index is 11.5. The second kappa shape index (κ2) is 13.9. The molecule has 0 unspecified atom stereocenters. The van der Waals surface area contributed by atoms with Crippen LogP contribution in [-0.2, 0) is 13.9 Å². The van der Waals surface area contributed by atoms with Gasteiger partial charge in [0.15, 0.2) is 0 Å². The Morgan fingerprint density at radius 1 is 0.643 bits per heavy atom. The molecule has 0 atom stereocenters. The molecule has 0 saturated heterocycles. The first-order valence-electron chi connectivity index (χ1n) is 10.4. The van der Waals surface area contributed by atoms with Gasteiger partial charge in [-0.15, -0.1) is 0 Å². The zero-order valence-corrected chi connectivity index (χ0v) is 18.8. The van der Waals surface area contributed by atoms with Crippen molar-refractivity contribution in [3.05, 3.63) is 0 Å². The summed E-state index contributed by atoms with van der Waals surface area (Å²) in [4.78, 5) is 45.1. The summed E-state index contributed by atoms with van der Waals surface area (Å²) in [6.07, 6.45) is 13.8. The molecule has 168 valence electrons. The Bertz CT molecular complexity index is 504. The maximum Gasteiger partial charge on any atom is 0.355 e. The third kappa shape index (κ3) is 9.51. The van der Waals surface area contributed by atoms with Gasteiger partial charge < -0.3 is 24.7 Å². The van der Waals surface area contributed by atoms with Gasteiger partial charge in [-0.25, -0.2) is 0 Å². The molecule has 0 heterocycles. The lowest BCUT2D eigenvalue weighted by Gasteiger charge is -2.30. The first-order chi connectivity index (χ1) is 13.0. The summed E-state index contributed by atoms with van der Waals surface area (Å²) in [5.74, 6) is -2.15. The normalized spacial score (nSPS) is 13.0. The SMILES string of the molecule is CCCCCCCCCCCCCCCCC(C(=O)O)(P(=O)(O)O)P(=O)(O)O. The van der Waals surface area contributed by atoms with E-state index in [1.807, 2.05) is 0 Å². The maximum atomic E-state index is 11.5. The van der Waals surface area contributed by atoms with Gasteiger partial charge in [0, 0.05) is 0 Å². The van der Waals surface area contributed by atoms with Crippen molar-refractivity contribution in [3.63, 3.8) is 0 Å². The quantitative estimate of drug-likeness (QED) is 0.146. The minimum Gasteiger partial charge on any atom is -0.480 e. The van der Waals surface area contributed by atoms with Gasteiger partial charge in [-0.2, -0.15) is 0 Å². The zero-order chi connectivity index (χ0) is 21.7. The molecule has 0 radical (unpaired) electrons. The topological polar surface area (TPSA) is 152 Å². The van der Waals surface area contributed by atoms with Crippen LogP contribution in [0.5, 0.6) is 0 Å². The largest absolute Gasteiger partial charge is 0.480 e. The minimum atomic E-state index is -5.53. The molecule has 28 heavy (non-hydrogen) atoms. The van der Waals surface area contributed by atoms with Crippen LogP contribution in [0.25, 0.3) is 0 Å². The summed E-state index contributed by atoms with van der Waals surface area (Å²) in [7, 11) is -11.1. The molecule has 0 aliphatic rings. The summed E-state index contributed by atoms with van der Waals surface area (Å²) < 4.78 is 23.1. The van der Waals surface area contributed by atoms with E-state index in [2.05, 4.69) is 6.92 Å². The highest BCUT2D eigenvalue weighted by molar-refractivity contribution is 7.74. The monoisotopic (exact) mass is 444 g/mol. The van der Waals surface area contributed by atoms with Crippen molar-refractivity contribution in [1.29, 1.82) is 0 Å². The first-order valence-corrected chi connectivity index (χ1v) is 13.6. The molecule has 0 aliphatic heterocycles. The lowest BCUT2D eigenvalue weighted by molar-refractivity contribution is -0.138. The highest BCUT2D eigenvalue weighted by Crippen LogP contribution is 2.71. The molecule has 0 aromatic rings. The average Bonchev–Trinajstić information content (AvgIpc) is 2.55. The Kier molecular flexibility index (Phi) is 13.8. The molecule has 8 nitrogen and oxygen atoms in total. The van der Waals surface area contributed by atoms with E-state index in [0.717, 1.165) is 25.7 Å². The number of carbonyl (C=O) groups is 1. The third-order valence-corrected chi connectivity index (χ3v) is 9.51. The third-order valence-electron chi connectivity index (χ3n) is 5.19. The molecule has 0 amide bonds. The van der Waals surface area contributed by atoms with E-state index >= 15 is 0 Å². The van der Waals surface area contributed by atoms with Crippen LogP contribution >= 0.6 is 15.2 Å². The smallest absolute Gasteiger partial charge is 0.355 e. The molecular formula is C18H38O8P2. The number of hydrogen-bond acceptors (Lipinski definition) is 3. The zero-order valence-electron chi connectivity index (χ0n) is 17.0. The molecule has 5 N–H and O–H groups in total. The molecule has 0 aromatic heterocycles.